The molecule has 0 saturated heterocycles. The van der Waals surface area contributed by atoms with Gasteiger partial charge in [0.15, 0.2) is 5.82 Å². The SMILES string of the molecule is CN(C)[C@H]1C[C@H](n2nnc(Cn3cc(NC(=O)C4=C5N=CC=CN5CC4)c(-c4cc(OC(F)F)ccc4OC(F)F)n3)n2)C1. The summed E-state index contributed by atoms with van der Waals surface area (Å²) >= 11 is 0. The molecule has 0 unspecified atom stereocenters. The van der Waals surface area contributed by atoms with Gasteiger partial charge in [0.2, 0.25) is 0 Å². The molecule has 1 amide bonds. The van der Waals surface area contributed by atoms with Crippen LogP contribution in [0.15, 0.2) is 53.1 Å². The van der Waals surface area contributed by atoms with E-state index in [4.69, 9.17) is 0 Å². The molecule has 1 aromatic carbocycles. The summed E-state index contributed by atoms with van der Waals surface area (Å²) in [7, 11) is 4.03. The number of nitrogens with one attached hydrogen (secondary N) is 1. The number of nitrogens with zero attached hydrogens (tertiary/aromatic N) is 9. The molecular formula is C27H28F4N10O3. The standard InChI is InChI=1S/C27H28F4N10O3/c1-38(2)15-10-16(11-15)41-35-22(34-37-41)14-40-13-20(33-25(42)18-6-9-39-8-3-7-32-24(18)39)23(36-40)19-12-17(43-26(28)29)4-5-21(19)44-27(30)31/h3-5,7-8,12-13,15-16,26-27H,6,9-11,14H2,1-2H3,(H,33,42)/t15-,16-. The van der Waals surface area contributed by atoms with E-state index in [1.807, 2.05) is 19.0 Å². The topological polar surface area (TPSA) is 128 Å². The number of aromatic nitrogens is 6. The van der Waals surface area contributed by atoms with Crippen LogP contribution < -0.4 is 14.8 Å². The van der Waals surface area contributed by atoms with Crippen molar-refractivity contribution in [3.63, 3.8) is 0 Å². The first-order valence-electron chi connectivity index (χ1n) is 13.7. The van der Waals surface area contributed by atoms with Gasteiger partial charge in [0.25, 0.3) is 5.91 Å². The lowest BCUT2D eigenvalue weighted by molar-refractivity contribution is -0.113. The van der Waals surface area contributed by atoms with Crippen LogP contribution in [0, 0.1) is 0 Å². The molecule has 0 atom stereocenters. The zero-order valence-electron chi connectivity index (χ0n) is 23.6. The van der Waals surface area contributed by atoms with E-state index in [1.165, 1.54) is 10.9 Å². The van der Waals surface area contributed by atoms with E-state index < -0.39 is 19.1 Å². The molecule has 1 N–H and O–H groups in total. The predicted molar refractivity (Wildman–Crippen MR) is 148 cm³/mol. The normalized spacial score (nSPS) is 19.2. The molecule has 1 aliphatic carbocycles. The number of alkyl halides is 4. The van der Waals surface area contributed by atoms with Crippen molar-refractivity contribution in [2.24, 2.45) is 4.99 Å². The fraction of sp³-hybridized carbons (Fsp3) is 0.407. The van der Waals surface area contributed by atoms with E-state index in [-0.39, 0.29) is 41.0 Å². The van der Waals surface area contributed by atoms with Crippen molar-refractivity contribution in [2.75, 3.05) is 26.0 Å². The van der Waals surface area contributed by atoms with Crippen LogP contribution in [0.5, 0.6) is 11.5 Å². The van der Waals surface area contributed by atoms with Crippen LogP contribution in [0.25, 0.3) is 11.3 Å². The van der Waals surface area contributed by atoms with Gasteiger partial charge in [-0.3, -0.25) is 9.48 Å². The first kappa shape index (κ1) is 29.3. The van der Waals surface area contributed by atoms with E-state index in [2.05, 4.69) is 45.2 Å². The van der Waals surface area contributed by atoms with E-state index >= 15 is 0 Å². The molecule has 44 heavy (non-hydrogen) atoms. The van der Waals surface area contributed by atoms with Gasteiger partial charge < -0.3 is 24.6 Å². The molecule has 3 aromatic rings. The molecule has 2 aliphatic heterocycles. The van der Waals surface area contributed by atoms with Gasteiger partial charge in [-0.1, -0.05) is 0 Å². The number of carbonyl (C=O) groups excluding carboxylic acids is 1. The first-order valence-corrected chi connectivity index (χ1v) is 13.7. The molecule has 232 valence electrons. The Morgan fingerprint density at radius 2 is 1.93 bits per heavy atom. The average Bonchev–Trinajstić information content (AvgIpc) is 3.67. The van der Waals surface area contributed by atoms with E-state index in [1.54, 1.807) is 23.3 Å². The maximum absolute atomic E-state index is 13.4. The molecule has 3 aliphatic rings. The van der Waals surface area contributed by atoms with E-state index in [0.29, 0.717) is 36.2 Å². The smallest absolute Gasteiger partial charge is 0.387 e. The highest BCUT2D eigenvalue weighted by Crippen LogP contribution is 2.39. The second-order valence-corrected chi connectivity index (χ2v) is 10.6. The molecule has 0 bridgehead atoms. The summed E-state index contributed by atoms with van der Waals surface area (Å²) in [5, 5.41) is 20.0. The van der Waals surface area contributed by atoms with Gasteiger partial charge in [0.1, 0.15) is 29.6 Å². The van der Waals surface area contributed by atoms with Crippen LogP contribution in [-0.2, 0) is 11.3 Å². The summed E-state index contributed by atoms with van der Waals surface area (Å²) in [5.41, 5.74) is 0.374. The maximum Gasteiger partial charge on any atom is 0.387 e. The number of hydrogen-bond donors (Lipinski definition) is 1. The van der Waals surface area contributed by atoms with Crippen molar-refractivity contribution in [1.82, 2.24) is 39.8 Å². The van der Waals surface area contributed by atoms with Gasteiger partial charge in [-0.05, 0) is 62.8 Å². The van der Waals surface area contributed by atoms with Crippen molar-refractivity contribution in [3.8, 4) is 22.8 Å². The second-order valence-electron chi connectivity index (χ2n) is 10.6. The monoisotopic (exact) mass is 616 g/mol. The fourth-order valence-corrected chi connectivity index (χ4v) is 5.24. The Labute approximate surface area is 248 Å². The Morgan fingerprint density at radius 1 is 1.14 bits per heavy atom. The average molecular weight is 617 g/mol. The predicted octanol–water partition coefficient (Wildman–Crippen LogP) is 3.51. The number of ether oxygens (including phenoxy) is 2. The number of allylic oxidation sites excluding steroid dienone is 1. The molecule has 17 heteroatoms. The number of hydrogen-bond acceptors (Lipinski definition) is 10. The van der Waals surface area contributed by atoms with Crippen LogP contribution in [0.4, 0.5) is 23.2 Å². The van der Waals surface area contributed by atoms with Crippen molar-refractivity contribution in [1.29, 1.82) is 0 Å². The minimum atomic E-state index is -3.22. The van der Waals surface area contributed by atoms with Crippen LogP contribution >= 0.6 is 0 Å². The number of carbonyl (C=O) groups is 1. The summed E-state index contributed by atoms with van der Waals surface area (Å²) in [5.74, 6) is -0.353. The zero-order chi connectivity index (χ0) is 31.0. The number of fused-ring (bicyclic) bond motifs is 1. The van der Waals surface area contributed by atoms with Gasteiger partial charge in [-0.15, -0.1) is 10.2 Å². The number of benzene rings is 1. The molecule has 13 nitrogen and oxygen atoms in total. The minimum absolute atomic E-state index is 0.0156. The molecule has 2 aromatic heterocycles. The fourth-order valence-electron chi connectivity index (χ4n) is 5.24. The number of aliphatic imine (C=N–C) groups is 1. The first-order chi connectivity index (χ1) is 21.1. The summed E-state index contributed by atoms with van der Waals surface area (Å²) < 4.78 is 63.3. The maximum atomic E-state index is 13.4. The van der Waals surface area contributed by atoms with E-state index in [0.717, 1.165) is 31.0 Å². The number of halogens is 4. The Hall–Kier alpha value is -4.80. The second kappa shape index (κ2) is 12.1. The molecule has 1 fully saturated rings. The summed E-state index contributed by atoms with van der Waals surface area (Å²) in [4.78, 5) is 23.3. The zero-order valence-corrected chi connectivity index (χ0v) is 23.6. The molecular weight excluding hydrogens is 588 g/mol. The highest BCUT2D eigenvalue weighted by molar-refractivity contribution is 6.06. The highest BCUT2D eigenvalue weighted by Gasteiger charge is 2.34. The third-order valence-corrected chi connectivity index (χ3v) is 7.54. The summed E-state index contributed by atoms with van der Waals surface area (Å²) in [6.07, 6.45) is 8.76. The number of rotatable bonds is 11. The lowest BCUT2D eigenvalue weighted by Crippen LogP contribution is -2.42. The molecule has 0 radical (unpaired) electrons. The summed E-state index contributed by atoms with van der Waals surface area (Å²) in [6, 6.07) is 3.77. The number of amides is 1. The van der Waals surface area contributed by atoms with Crippen LogP contribution in [0.2, 0.25) is 0 Å². The van der Waals surface area contributed by atoms with Crippen LogP contribution in [0.1, 0.15) is 31.1 Å². The Balaban J connectivity index is 1.33. The Kier molecular flexibility index (Phi) is 8.03. The van der Waals surface area contributed by atoms with Gasteiger partial charge in [0, 0.05) is 31.2 Å². The number of tetrazole rings is 1. The van der Waals surface area contributed by atoms with Gasteiger partial charge in [0.05, 0.1) is 22.9 Å². The quantitative estimate of drug-likeness (QED) is 0.322. The van der Waals surface area contributed by atoms with Gasteiger partial charge in [-0.25, -0.2) is 4.99 Å². The lowest BCUT2D eigenvalue weighted by atomic mass is 9.86. The Morgan fingerprint density at radius 3 is 2.68 bits per heavy atom. The Bertz CT molecular complexity index is 1630. The van der Waals surface area contributed by atoms with Gasteiger partial charge in [-0.2, -0.15) is 27.5 Å². The van der Waals surface area contributed by atoms with Crippen LogP contribution in [0.3, 0.4) is 0 Å². The van der Waals surface area contributed by atoms with Crippen molar-refractivity contribution in [2.45, 2.75) is 51.1 Å². The molecule has 0 spiro atoms. The molecule has 6 rings (SSSR count). The molecule has 1 saturated carbocycles. The van der Waals surface area contributed by atoms with Crippen molar-refractivity contribution < 1.29 is 31.8 Å². The third kappa shape index (κ3) is 6.13. The number of anilines is 1. The molecule has 4 heterocycles. The minimum Gasteiger partial charge on any atom is -0.435 e. The van der Waals surface area contributed by atoms with Crippen LogP contribution in [-0.4, -0.2) is 91.8 Å². The van der Waals surface area contributed by atoms with E-state index in [9.17, 15) is 22.4 Å². The lowest BCUT2D eigenvalue weighted by Gasteiger charge is -2.38. The summed E-state index contributed by atoms with van der Waals surface area (Å²) in [6.45, 7) is -5.82. The highest BCUT2D eigenvalue weighted by atomic mass is 19.3. The van der Waals surface area contributed by atoms with Gasteiger partial charge >= 0.3 is 13.2 Å². The third-order valence-electron chi connectivity index (χ3n) is 7.54. The largest absolute Gasteiger partial charge is 0.435 e. The van der Waals surface area contributed by atoms with Crippen molar-refractivity contribution in [3.05, 3.63) is 53.9 Å². The van der Waals surface area contributed by atoms with Crippen molar-refractivity contribution >= 4 is 17.8 Å².